The second kappa shape index (κ2) is 9.01. The lowest BCUT2D eigenvalue weighted by atomic mass is 10.1. The lowest BCUT2D eigenvalue weighted by Crippen LogP contribution is -2.47. The Morgan fingerprint density at radius 1 is 1.12 bits per heavy atom. The van der Waals surface area contributed by atoms with Crippen LogP contribution in [-0.4, -0.2) is 29.8 Å². The van der Waals surface area contributed by atoms with Crippen molar-refractivity contribution in [2.75, 3.05) is 7.05 Å². The largest absolute Gasteiger partial charge is 0.357 e. The maximum atomic E-state index is 14.0. The van der Waals surface area contributed by atoms with Crippen LogP contribution in [0.2, 0.25) is 10.0 Å². The highest BCUT2D eigenvalue weighted by Gasteiger charge is 2.27. The first-order chi connectivity index (χ1) is 12.3. The van der Waals surface area contributed by atoms with Gasteiger partial charge in [-0.2, -0.15) is 0 Å². The summed E-state index contributed by atoms with van der Waals surface area (Å²) in [4.78, 5) is 26.3. The third kappa shape index (κ3) is 4.74. The number of halogens is 3. The molecule has 0 bridgehead atoms. The van der Waals surface area contributed by atoms with Crippen molar-refractivity contribution in [2.45, 2.75) is 25.9 Å². The van der Waals surface area contributed by atoms with Gasteiger partial charge < -0.3 is 10.2 Å². The number of rotatable bonds is 6. The summed E-state index contributed by atoms with van der Waals surface area (Å²) in [5.74, 6) is -1.16. The standard InChI is InChI=1S/C19H19Cl2FN2O2/c1-12(19(26)23-2)24(11-13-6-3-4-9-17(13)22)18(25)10-14-15(20)7-5-8-16(14)21/h3-9,12H,10-11H2,1-2H3,(H,23,26)/t12-/m0/s1. The molecule has 138 valence electrons. The van der Waals surface area contributed by atoms with Crippen molar-refractivity contribution in [3.05, 3.63) is 69.5 Å². The van der Waals surface area contributed by atoms with Crippen molar-refractivity contribution in [1.29, 1.82) is 0 Å². The Bertz CT molecular complexity index is 794. The highest BCUT2D eigenvalue weighted by Crippen LogP contribution is 2.26. The molecule has 0 aliphatic heterocycles. The van der Waals surface area contributed by atoms with Gasteiger partial charge in [-0.15, -0.1) is 0 Å². The highest BCUT2D eigenvalue weighted by atomic mass is 35.5. The van der Waals surface area contributed by atoms with E-state index in [1.54, 1.807) is 43.3 Å². The van der Waals surface area contributed by atoms with Gasteiger partial charge in [-0.25, -0.2) is 4.39 Å². The summed E-state index contributed by atoms with van der Waals surface area (Å²) in [7, 11) is 1.48. The van der Waals surface area contributed by atoms with E-state index in [2.05, 4.69) is 5.32 Å². The quantitative estimate of drug-likeness (QED) is 0.806. The summed E-state index contributed by atoms with van der Waals surface area (Å²) in [6, 6.07) is 10.3. The molecule has 0 saturated carbocycles. The van der Waals surface area contributed by atoms with Crippen LogP contribution >= 0.6 is 23.2 Å². The molecule has 0 aliphatic rings. The molecule has 0 aliphatic carbocycles. The molecule has 2 aromatic rings. The van der Waals surface area contributed by atoms with E-state index in [9.17, 15) is 14.0 Å². The molecule has 0 heterocycles. The number of nitrogens with zero attached hydrogens (tertiary/aromatic N) is 1. The fourth-order valence-electron chi connectivity index (χ4n) is 2.56. The predicted octanol–water partition coefficient (Wildman–Crippen LogP) is 3.84. The van der Waals surface area contributed by atoms with Gasteiger partial charge in [-0.05, 0) is 30.7 Å². The molecule has 0 radical (unpaired) electrons. The summed E-state index contributed by atoms with van der Waals surface area (Å²) in [5, 5.41) is 3.24. The zero-order chi connectivity index (χ0) is 19.3. The van der Waals surface area contributed by atoms with Crippen molar-refractivity contribution >= 4 is 35.0 Å². The molecule has 0 saturated heterocycles. The number of carbonyl (C=O) groups is 2. The molecule has 2 amide bonds. The first-order valence-electron chi connectivity index (χ1n) is 8.02. The van der Waals surface area contributed by atoms with Gasteiger partial charge in [-0.3, -0.25) is 9.59 Å². The van der Waals surface area contributed by atoms with Gasteiger partial charge in [0.05, 0.1) is 6.42 Å². The van der Waals surface area contributed by atoms with Crippen molar-refractivity contribution in [3.8, 4) is 0 Å². The van der Waals surface area contributed by atoms with E-state index >= 15 is 0 Å². The van der Waals surface area contributed by atoms with Crippen LogP contribution in [0.4, 0.5) is 4.39 Å². The molecule has 4 nitrogen and oxygen atoms in total. The van der Waals surface area contributed by atoms with Crippen LogP contribution in [0, 0.1) is 5.82 Å². The number of benzene rings is 2. The Kier molecular flexibility index (Phi) is 7.00. The summed E-state index contributed by atoms with van der Waals surface area (Å²) in [6.07, 6.45) is -0.0890. The number of amides is 2. The van der Waals surface area contributed by atoms with E-state index in [0.717, 1.165) is 0 Å². The van der Waals surface area contributed by atoms with Crippen LogP contribution in [0.5, 0.6) is 0 Å². The van der Waals surface area contributed by atoms with E-state index in [0.29, 0.717) is 21.2 Å². The second-order valence-electron chi connectivity index (χ2n) is 5.78. The third-order valence-electron chi connectivity index (χ3n) is 4.10. The molecule has 7 heteroatoms. The molecule has 1 atom stereocenters. The van der Waals surface area contributed by atoms with E-state index in [1.807, 2.05) is 0 Å². The number of carbonyl (C=O) groups excluding carboxylic acids is 2. The lowest BCUT2D eigenvalue weighted by Gasteiger charge is -2.29. The highest BCUT2D eigenvalue weighted by molar-refractivity contribution is 6.36. The zero-order valence-corrected chi connectivity index (χ0v) is 15.9. The first-order valence-corrected chi connectivity index (χ1v) is 8.78. The molecular formula is C19H19Cl2FN2O2. The number of likely N-dealkylation sites (N-methyl/N-ethyl adjacent to an activating group) is 1. The summed E-state index contributed by atoms with van der Waals surface area (Å²) >= 11 is 12.3. The monoisotopic (exact) mass is 396 g/mol. The minimum absolute atomic E-state index is 0.0395. The van der Waals surface area contributed by atoms with Gasteiger partial charge in [0.1, 0.15) is 11.9 Å². The van der Waals surface area contributed by atoms with E-state index in [1.165, 1.54) is 18.0 Å². The Hall–Kier alpha value is -2.11. The van der Waals surface area contributed by atoms with E-state index in [-0.39, 0.29) is 24.8 Å². The van der Waals surface area contributed by atoms with Gasteiger partial charge in [0.25, 0.3) is 0 Å². The van der Waals surface area contributed by atoms with Crippen molar-refractivity contribution < 1.29 is 14.0 Å². The van der Waals surface area contributed by atoms with Gasteiger partial charge >= 0.3 is 0 Å². The average Bonchev–Trinajstić information content (AvgIpc) is 2.62. The molecule has 1 N–H and O–H groups in total. The number of hydrogen-bond donors (Lipinski definition) is 1. The predicted molar refractivity (Wildman–Crippen MR) is 101 cm³/mol. The van der Waals surface area contributed by atoms with Crippen LogP contribution in [0.1, 0.15) is 18.1 Å². The Balaban J connectivity index is 2.32. The normalized spacial score (nSPS) is 11.7. The van der Waals surface area contributed by atoms with Gasteiger partial charge in [-0.1, -0.05) is 47.5 Å². The molecule has 0 fully saturated rings. The van der Waals surface area contributed by atoms with Gasteiger partial charge in [0, 0.05) is 29.2 Å². The van der Waals surface area contributed by atoms with Gasteiger partial charge in [0.2, 0.25) is 11.8 Å². The lowest BCUT2D eigenvalue weighted by molar-refractivity contribution is -0.139. The summed E-state index contributed by atoms with van der Waals surface area (Å²) in [5.41, 5.74) is 0.797. The van der Waals surface area contributed by atoms with Crippen molar-refractivity contribution in [2.24, 2.45) is 0 Å². The first kappa shape index (κ1) is 20.2. The maximum Gasteiger partial charge on any atom is 0.242 e. The topological polar surface area (TPSA) is 49.4 Å². The molecule has 0 aromatic heterocycles. The Labute approximate surface area is 161 Å². The summed E-state index contributed by atoms with van der Waals surface area (Å²) in [6.45, 7) is 1.55. The van der Waals surface area contributed by atoms with Crippen LogP contribution in [0.3, 0.4) is 0 Å². The van der Waals surface area contributed by atoms with Crippen LogP contribution in [0.15, 0.2) is 42.5 Å². The van der Waals surface area contributed by atoms with Crippen LogP contribution in [-0.2, 0) is 22.6 Å². The maximum absolute atomic E-state index is 14.0. The van der Waals surface area contributed by atoms with E-state index in [4.69, 9.17) is 23.2 Å². The van der Waals surface area contributed by atoms with Crippen molar-refractivity contribution in [3.63, 3.8) is 0 Å². The molecule has 2 rings (SSSR count). The number of hydrogen-bond acceptors (Lipinski definition) is 2. The molecule has 0 spiro atoms. The zero-order valence-electron chi connectivity index (χ0n) is 14.4. The molecular weight excluding hydrogens is 378 g/mol. The van der Waals surface area contributed by atoms with Crippen molar-refractivity contribution in [1.82, 2.24) is 10.2 Å². The minimum Gasteiger partial charge on any atom is -0.357 e. The number of nitrogens with one attached hydrogen (secondary N) is 1. The minimum atomic E-state index is -0.784. The fourth-order valence-corrected chi connectivity index (χ4v) is 3.09. The Morgan fingerprint density at radius 3 is 2.31 bits per heavy atom. The Morgan fingerprint density at radius 2 is 1.73 bits per heavy atom. The molecule has 26 heavy (non-hydrogen) atoms. The molecule has 0 unspecified atom stereocenters. The molecule has 2 aromatic carbocycles. The second-order valence-corrected chi connectivity index (χ2v) is 6.59. The fraction of sp³-hybridized carbons (Fsp3) is 0.263. The van der Waals surface area contributed by atoms with Crippen LogP contribution in [0.25, 0.3) is 0 Å². The summed E-state index contributed by atoms with van der Waals surface area (Å²) < 4.78 is 14.0. The van der Waals surface area contributed by atoms with Gasteiger partial charge in [0.15, 0.2) is 0 Å². The van der Waals surface area contributed by atoms with E-state index < -0.39 is 11.9 Å². The SMILES string of the molecule is CNC(=O)[C@H](C)N(Cc1ccccc1F)C(=O)Cc1c(Cl)cccc1Cl. The van der Waals surface area contributed by atoms with Crippen LogP contribution < -0.4 is 5.32 Å². The average molecular weight is 397 g/mol. The third-order valence-corrected chi connectivity index (χ3v) is 4.81. The smallest absolute Gasteiger partial charge is 0.242 e.